The first-order chi connectivity index (χ1) is 11.2. The fourth-order valence-corrected chi connectivity index (χ4v) is 3.11. The molecule has 0 spiro atoms. The van der Waals surface area contributed by atoms with Gasteiger partial charge in [-0.15, -0.1) is 23.7 Å². The molecule has 126 valence electrons. The molecule has 0 aliphatic heterocycles. The molecule has 0 saturated heterocycles. The highest BCUT2D eigenvalue weighted by atomic mass is 35.5. The van der Waals surface area contributed by atoms with Gasteiger partial charge in [0.2, 0.25) is 0 Å². The number of thiazole rings is 1. The molecule has 0 fully saturated rings. The van der Waals surface area contributed by atoms with Crippen LogP contribution in [0.2, 0.25) is 0 Å². The summed E-state index contributed by atoms with van der Waals surface area (Å²) in [7, 11) is 0. The predicted octanol–water partition coefficient (Wildman–Crippen LogP) is 4.88. The molecule has 0 unspecified atom stereocenters. The topological polar surface area (TPSA) is 48.1 Å². The van der Waals surface area contributed by atoms with Crippen LogP contribution in [-0.2, 0) is 0 Å². The average Bonchev–Trinajstić information content (AvgIpc) is 2.97. The van der Waals surface area contributed by atoms with Crippen LogP contribution in [0.4, 0.5) is 4.39 Å². The Labute approximate surface area is 150 Å². The summed E-state index contributed by atoms with van der Waals surface area (Å²) in [6, 6.07) is 13.9. The van der Waals surface area contributed by atoms with Gasteiger partial charge < -0.3 is 10.5 Å². The fraction of sp³-hybridized carbons (Fsp3) is 0.167. The van der Waals surface area contributed by atoms with Gasteiger partial charge in [0.25, 0.3) is 0 Å². The van der Waals surface area contributed by atoms with Crippen molar-refractivity contribution in [3.05, 3.63) is 59.9 Å². The minimum atomic E-state index is -0.369. The fourth-order valence-electron chi connectivity index (χ4n) is 2.16. The molecule has 0 aliphatic carbocycles. The molecule has 0 aliphatic rings. The van der Waals surface area contributed by atoms with Crippen molar-refractivity contribution >= 4 is 34.0 Å². The zero-order valence-corrected chi connectivity index (χ0v) is 14.8. The highest BCUT2D eigenvalue weighted by Gasteiger charge is 2.08. The molecule has 0 atom stereocenters. The molecule has 3 nitrogen and oxygen atoms in total. The second-order valence-corrected chi connectivity index (χ2v) is 6.22. The molecular weight excluding hydrogens is 347 g/mol. The van der Waals surface area contributed by atoms with Crippen molar-refractivity contribution in [2.24, 2.45) is 5.73 Å². The molecule has 3 rings (SSSR count). The van der Waals surface area contributed by atoms with Gasteiger partial charge in [-0.1, -0.05) is 29.8 Å². The van der Waals surface area contributed by atoms with Crippen molar-refractivity contribution in [1.29, 1.82) is 0 Å². The lowest BCUT2D eigenvalue weighted by Gasteiger charge is -2.03. The maximum absolute atomic E-state index is 13.3. The van der Waals surface area contributed by atoms with Gasteiger partial charge in [0.1, 0.15) is 23.2 Å². The van der Waals surface area contributed by atoms with Crippen molar-refractivity contribution in [2.45, 2.75) is 6.92 Å². The van der Waals surface area contributed by atoms with Crippen LogP contribution < -0.4 is 10.5 Å². The quantitative estimate of drug-likeness (QED) is 0.701. The number of ether oxygens (including phenoxy) is 1. The Balaban J connectivity index is 0.00000208. The first-order valence-electron chi connectivity index (χ1n) is 7.31. The number of halogens is 2. The van der Waals surface area contributed by atoms with E-state index >= 15 is 0 Å². The van der Waals surface area contributed by atoms with Crippen LogP contribution in [0.15, 0.2) is 54.4 Å². The number of hydrogen-bond acceptors (Lipinski definition) is 4. The molecule has 1 heterocycles. The average molecular weight is 365 g/mol. The van der Waals surface area contributed by atoms with Crippen LogP contribution in [0.1, 0.15) is 5.56 Å². The molecule has 0 radical (unpaired) electrons. The van der Waals surface area contributed by atoms with Crippen molar-refractivity contribution in [1.82, 2.24) is 4.98 Å². The third-order valence-corrected chi connectivity index (χ3v) is 4.46. The lowest BCUT2D eigenvalue weighted by molar-refractivity contribution is 0.318. The Morgan fingerprint density at radius 2 is 2.00 bits per heavy atom. The van der Waals surface area contributed by atoms with E-state index in [1.54, 1.807) is 11.3 Å². The van der Waals surface area contributed by atoms with Gasteiger partial charge in [0, 0.05) is 18.2 Å². The molecular formula is C18H18ClFN2OS. The Morgan fingerprint density at radius 1 is 1.25 bits per heavy atom. The molecule has 6 heteroatoms. The largest absolute Gasteiger partial charge is 0.486 e. The van der Waals surface area contributed by atoms with Crippen molar-refractivity contribution < 1.29 is 9.13 Å². The summed E-state index contributed by atoms with van der Waals surface area (Å²) in [5.74, 6) is 0.227. The van der Waals surface area contributed by atoms with Gasteiger partial charge in [-0.2, -0.15) is 0 Å². The van der Waals surface area contributed by atoms with Gasteiger partial charge in [0.15, 0.2) is 0 Å². The van der Waals surface area contributed by atoms with Crippen LogP contribution >= 0.6 is 23.7 Å². The third kappa shape index (κ3) is 4.32. The summed E-state index contributed by atoms with van der Waals surface area (Å²) in [5, 5.41) is 0.964. The Morgan fingerprint density at radius 3 is 2.71 bits per heavy atom. The maximum Gasteiger partial charge on any atom is 0.139 e. The van der Waals surface area contributed by atoms with Gasteiger partial charge in [-0.05, 0) is 25.1 Å². The zero-order valence-electron chi connectivity index (χ0n) is 13.2. The lowest BCUT2D eigenvalue weighted by atomic mass is 10.2. The molecule has 2 N–H and O–H groups in total. The van der Waals surface area contributed by atoms with E-state index < -0.39 is 0 Å². The van der Waals surface area contributed by atoms with Crippen molar-refractivity contribution in [2.75, 3.05) is 13.2 Å². The molecule has 1 aromatic heterocycles. The number of nitrogens with two attached hydrogens (primary N) is 1. The molecule has 0 saturated carbocycles. The SMILES string of the molecule is Cc1ccc(-c2nc3cc(OC/C(F)=C\CN)ccc3s2)cc1.Cl. The van der Waals surface area contributed by atoms with Crippen LogP contribution in [-0.4, -0.2) is 18.1 Å². The van der Waals surface area contributed by atoms with E-state index in [4.69, 9.17) is 10.5 Å². The van der Waals surface area contributed by atoms with Crippen molar-refractivity contribution in [3.8, 4) is 16.3 Å². The van der Waals surface area contributed by atoms with E-state index in [1.165, 1.54) is 11.6 Å². The molecule has 2 aromatic carbocycles. The minimum Gasteiger partial charge on any atom is -0.486 e. The van der Waals surface area contributed by atoms with Crippen LogP contribution in [0.25, 0.3) is 20.8 Å². The number of benzene rings is 2. The second-order valence-electron chi connectivity index (χ2n) is 5.19. The third-order valence-electron chi connectivity index (χ3n) is 3.37. The lowest BCUT2D eigenvalue weighted by Crippen LogP contribution is -2.01. The van der Waals surface area contributed by atoms with E-state index in [2.05, 4.69) is 36.2 Å². The number of nitrogens with zero attached hydrogens (tertiary/aromatic N) is 1. The van der Waals surface area contributed by atoms with E-state index in [0.717, 1.165) is 20.8 Å². The monoisotopic (exact) mass is 364 g/mol. The van der Waals surface area contributed by atoms with Gasteiger partial charge >= 0.3 is 0 Å². The maximum atomic E-state index is 13.3. The molecule has 0 amide bonds. The summed E-state index contributed by atoms with van der Waals surface area (Å²) >= 11 is 1.63. The second kappa shape index (κ2) is 8.24. The van der Waals surface area contributed by atoms with E-state index in [0.29, 0.717) is 5.75 Å². The summed E-state index contributed by atoms with van der Waals surface area (Å²) < 4.78 is 19.8. The zero-order chi connectivity index (χ0) is 16.2. The highest BCUT2D eigenvalue weighted by Crippen LogP contribution is 2.32. The van der Waals surface area contributed by atoms with Crippen LogP contribution in [0.5, 0.6) is 5.75 Å². The smallest absolute Gasteiger partial charge is 0.139 e. The predicted molar refractivity (Wildman–Crippen MR) is 101 cm³/mol. The Kier molecular flexibility index (Phi) is 6.31. The van der Waals surface area contributed by atoms with E-state index in [-0.39, 0.29) is 31.4 Å². The Bertz CT molecular complexity index is 846. The standard InChI is InChI=1S/C18H17FN2OS.ClH/c1-12-2-4-13(5-3-12)18-21-16-10-15(6-7-17(16)23-18)22-11-14(19)8-9-20;/h2-8,10H,9,11,20H2,1H3;1H/b14-8+;. The van der Waals surface area contributed by atoms with Crippen molar-refractivity contribution in [3.63, 3.8) is 0 Å². The number of hydrogen-bond donors (Lipinski definition) is 1. The Hall–Kier alpha value is -1.95. The number of fused-ring (bicyclic) bond motifs is 1. The van der Waals surface area contributed by atoms with Gasteiger partial charge in [0.05, 0.1) is 10.2 Å². The first kappa shape index (κ1) is 18.4. The number of rotatable bonds is 5. The minimum absolute atomic E-state index is 0. The molecule has 0 bridgehead atoms. The van der Waals surface area contributed by atoms with Gasteiger partial charge in [-0.25, -0.2) is 9.37 Å². The number of aryl methyl sites for hydroxylation is 1. The normalized spacial score (nSPS) is 11.4. The summed E-state index contributed by atoms with van der Waals surface area (Å²) in [6.45, 7) is 2.11. The van der Waals surface area contributed by atoms with Crippen LogP contribution in [0, 0.1) is 6.92 Å². The summed E-state index contributed by atoms with van der Waals surface area (Å²) in [6.07, 6.45) is 1.30. The molecule has 24 heavy (non-hydrogen) atoms. The highest BCUT2D eigenvalue weighted by molar-refractivity contribution is 7.21. The summed E-state index contributed by atoms with van der Waals surface area (Å²) in [5.41, 5.74) is 8.43. The van der Waals surface area contributed by atoms with E-state index in [1.807, 2.05) is 18.2 Å². The first-order valence-corrected chi connectivity index (χ1v) is 8.12. The van der Waals surface area contributed by atoms with Crippen LogP contribution in [0.3, 0.4) is 0 Å². The number of aromatic nitrogens is 1. The van der Waals surface area contributed by atoms with Gasteiger partial charge in [-0.3, -0.25) is 0 Å². The van der Waals surface area contributed by atoms with E-state index in [9.17, 15) is 4.39 Å². The summed E-state index contributed by atoms with van der Waals surface area (Å²) in [4.78, 5) is 4.65. The molecule has 3 aromatic rings.